The summed E-state index contributed by atoms with van der Waals surface area (Å²) in [5, 5.41) is 15.1. The zero-order valence-electron chi connectivity index (χ0n) is 58.1. The highest BCUT2D eigenvalue weighted by Gasteiger charge is 2.21. The number of hydrogen-bond donors (Lipinski definition) is 0. The van der Waals surface area contributed by atoms with Crippen molar-refractivity contribution in [3.8, 4) is 112 Å². The van der Waals surface area contributed by atoms with Gasteiger partial charge in [-0.2, -0.15) is 0 Å². The van der Waals surface area contributed by atoms with Gasteiger partial charge >= 0.3 is 0 Å². The van der Waals surface area contributed by atoms with E-state index in [-0.39, 0.29) is 0 Å². The molecule has 0 saturated carbocycles. The second-order valence-electron chi connectivity index (χ2n) is 27.6. The van der Waals surface area contributed by atoms with Gasteiger partial charge in [0.2, 0.25) is 0 Å². The molecule has 0 aliphatic heterocycles. The highest BCUT2D eigenvalue weighted by atomic mass is 32.1. The van der Waals surface area contributed by atoms with Gasteiger partial charge in [0.05, 0.1) is 22.8 Å². The molecule has 0 aliphatic rings. The summed E-state index contributed by atoms with van der Waals surface area (Å²) in [6.45, 7) is 0. The zero-order valence-corrected chi connectivity index (χ0v) is 61.3. The van der Waals surface area contributed by atoms with E-state index in [1.165, 1.54) is 136 Å². The van der Waals surface area contributed by atoms with Crippen LogP contribution in [-0.2, 0) is 0 Å². The van der Waals surface area contributed by atoms with Crippen LogP contribution in [0.1, 0.15) is 0 Å². The Morgan fingerprint density at radius 1 is 0.157 bits per heavy atom. The van der Waals surface area contributed by atoms with E-state index in [1.807, 2.05) is 51.4 Å². The lowest BCUT2D eigenvalue weighted by atomic mass is 9.93. The molecule has 8 heteroatoms. The van der Waals surface area contributed by atoms with Crippen molar-refractivity contribution in [3.63, 3.8) is 0 Å². The molecule has 6 heterocycles. The van der Waals surface area contributed by atoms with Crippen molar-refractivity contribution in [1.29, 1.82) is 0 Å². The summed E-state index contributed by atoms with van der Waals surface area (Å²) in [6, 6.07) is 131. The Bertz CT molecular complexity index is 7070. The molecule has 6 aromatic heterocycles. The Kier molecular flexibility index (Phi) is 15.6. The lowest BCUT2D eigenvalue weighted by Gasteiger charge is -2.14. The molecule has 22 aromatic rings. The summed E-state index contributed by atoms with van der Waals surface area (Å²) in [5.41, 5.74) is 19.3. The fourth-order valence-corrected chi connectivity index (χ4v) is 20.2. The van der Waals surface area contributed by atoms with Crippen LogP contribution in [0.5, 0.6) is 0 Å². The number of fused-ring (bicyclic) bond motifs is 14. The summed E-state index contributed by atoms with van der Waals surface area (Å²) in [6.07, 6.45) is 0. The van der Waals surface area contributed by atoms with Crippen molar-refractivity contribution in [1.82, 2.24) is 19.9 Å². The number of rotatable bonds is 10. The Morgan fingerprint density at radius 3 is 0.907 bits per heavy atom. The molecule has 0 spiro atoms. The standard InChI is InChI=1S/2C50H30N2S2/c1-2-13-32(14-3-1)44-30-45(52-50(51-44)34-25-24-31-12-4-5-15-33(31)26-34)37-28-35(38-18-10-20-42-40-16-6-8-22-46(40)53-48(38)42)27-36(29-37)39-19-11-21-43-41-17-7-9-23-47(41)54-49(39)43;1-2-11-32(12-3-1)44-30-45(52-50(51-44)36-19-18-31-10-4-5-13-33(31)24-36)39-26-37(34-20-22-48-42(28-34)40-14-6-8-16-46(40)53-48)25-38(27-39)35-21-23-49-43(29-35)41-15-7-9-17-47(41)54-49/h2*1-30H. The van der Waals surface area contributed by atoms with Gasteiger partial charge < -0.3 is 0 Å². The molecule has 0 fully saturated rings. The topological polar surface area (TPSA) is 51.6 Å². The van der Waals surface area contributed by atoms with Crippen molar-refractivity contribution < 1.29 is 0 Å². The molecule has 0 N–H and O–H groups in total. The highest BCUT2D eigenvalue weighted by Crippen LogP contribution is 2.47. The molecule has 0 unspecified atom stereocenters. The number of nitrogens with zero attached hydrogens (tertiary/aromatic N) is 4. The van der Waals surface area contributed by atoms with E-state index in [4.69, 9.17) is 19.9 Å². The van der Waals surface area contributed by atoms with Crippen LogP contribution in [0.25, 0.3) is 215 Å². The monoisotopic (exact) mass is 1440 g/mol. The summed E-state index contributed by atoms with van der Waals surface area (Å²) >= 11 is 7.44. The maximum Gasteiger partial charge on any atom is 0.160 e. The van der Waals surface area contributed by atoms with Crippen LogP contribution in [0.3, 0.4) is 0 Å². The molecule has 22 rings (SSSR count). The van der Waals surface area contributed by atoms with Gasteiger partial charge in [-0.3, -0.25) is 0 Å². The van der Waals surface area contributed by atoms with E-state index in [0.29, 0.717) is 11.6 Å². The maximum absolute atomic E-state index is 5.36. The van der Waals surface area contributed by atoms with Crippen molar-refractivity contribution >= 4 is 148 Å². The van der Waals surface area contributed by atoms with Gasteiger partial charge in [-0.25, -0.2) is 19.9 Å². The number of hydrogen-bond acceptors (Lipinski definition) is 8. The second-order valence-corrected chi connectivity index (χ2v) is 31.8. The van der Waals surface area contributed by atoms with E-state index in [1.54, 1.807) is 0 Å². The van der Waals surface area contributed by atoms with Gasteiger partial charge in [-0.05, 0) is 175 Å². The SMILES string of the molecule is c1ccc(-c2cc(-c3cc(-c4ccc5sc6ccccc6c5c4)cc(-c4ccc5sc6ccccc6c5c4)c3)nc(-c3ccc4ccccc4c3)n2)cc1.c1ccc(-c2cc(-c3cc(-c4cccc5c4sc4ccccc45)cc(-c4cccc5c4sc4ccccc45)c3)nc(-c3ccc4ccccc4c3)n2)cc1. The van der Waals surface area contributed by atoms with Crippen LogP contribution >= 0.6 is 45.3 Å². The molecule has 0 saturated heterocycles. The van der Waals surface area contributed by atoms with Crippen molar-refractivity contribution in [3.05, 3.63) is 364 Å². The van der Waals surface area contributed by atoms with E-state index in [0.717, 1.165) is 67.3 Å². The first-order valence-corrected chi connectivity index (χ1v) is 39.5. The van der Waals surface area contributed by atoms with Crippen LogP contribution in [-0.4, -0.2) is 19.9 Å². The van der Waals surface area contributed by atoms with Crippen LogP contribution in [0, 0.1) is 0 Å². The van der Waals surface area contributed by atoms with Crippen molar-refractivity contribution in [2.24, 2.45) is 0 Å². The van der Waals surface area contributed by atoms with Crippen LogP contribution < -0.4 is 0 Å². The fourth-order valence-electron chi connectivity index (χ4n) is 15.6. The van der Waals surface area contributed by atoms with Gasteiger partial charge in [0.15, 0.2) is 11.6 Å². The molecule has 0 amide bonds. The van der Waals surface area contributed by atoms with Gasteiger partial charge in [-0.1, -0.05) is 255 Å². The Hall–Kier alpha value is -12.9. The fraction of sp³-hybridized carbons (Fsp3) is 0. The smallest absolute Gasteiger partial charge is 0.160 e. The molecule has 16 aromatic carbocycles. The number of benzene rings is 16. The first-order valence-electron chi connectivity index (χ1n) is 36.3. The average Bonchev–Trinajstić information content (AvgIpc) is 1.52. The van der Waals surface area contributed by atoms with E-state index in [9.17, 15) is 0 Å². The summed E-state index contributed by atoms with van der Waals surface area (Å²) in [7, 11) is 0. The summed E-state index contributed by atoms with van der Waals surface area (Å²) in [4.78, 5) is 21.1. The van der Waals surface area contributed by atoms with Crippen LogP contribution in [0.4, 0.5) is 0 Å². The van der Waals surface area contributed by atoms with Gasteiger partial charge in [-0.15, -0.1) is 45.3 Å². The zero-order chi connectivity index (χ0) is 71.2. The first kappa shape index (κ1) is 63.5. The Labute approximate surface area is 638 Å². The molecule has 0 aliphatic carbocycles. The highest BCUT2D eigenvalue weighted by molar-refractivity contribution is 7.27. The Balaban J connectivity index is 0.000000138. The summed E-state index contributed by atoms with van der Waals surface area (Å²) in [5.74, 6) is 1.42. The largest absolute Gasteiger partial charge is 0.228 e. The lowest BCUT2D eigenvalue weighted by molar-refractivity contribution is 1.18. The molecular formula is C100H60N4S4. The molecule has 0 atom stereocenters. The quantitative estimate of drug-likeness (QED) is 0.137. The molecule has 108 heavy (non-hydrogen) atoms. The van der Waals surface area contributed by atoms with Gasteiger partial charge in [0.1, 0.15) is 0 Å². The minimum Gasteiger partial charge on any atom is -0.228 e. The molecule has 0 radical (unpaired) electrons. The number of thiophene rings is 4. The van der Waals surface area contributed by atoms with Crippen molar-refractivity contribution in [2.75, 3.05) is 0 Å². The Morgan fingerprint density at radius 2 is 0.472 bits per heavy atom. The minimum absolute atomic E-state index is 0.710. The van der Waals surface area contributed by atoms with Crippen LogP contribution in [0.15, 0.2) is 364 Å². The van der Waals surface area contributed by atoms with Crippen molar-refractivity contribution in [2.45, 2.75) is 0 Å². The predicted octanol–water partition coefficient (Wildman–Crippen LogP) is 29.4. The van der Waals surface area contributed by atoms with E-state index >= 15 is 0 Å². The first-order chi connectivity index (χ1) is 53.4. The molecule has 504 valence electrons. The lowest BCUT2D eigenvalue weighted by Crippen LogP contribution is -1.97. The predicted molar refractivity (Wildman–Crippen MR) is 465 cm³/mol. The molecule has 4 nitrogen and oxygen atoms in total. The third-order valence-corrected chi connectivity index (χ3v) is 25.7. The number of aromatic nitrogens is 4. The maximum atomic E-state index is 5.36. The van der Waals surface area contributed by atoms with Crippen LogP contribution in [0.2, 0.25) is 0 Å². The summed E-state index contributed by atoms with van der Waals surface area (Å²) < 4.78 is 10.4. The third kappa shape index (κ3) is 11.6. The molecule has 0 bridgehead atoms. The average molecular weight is 1450 g/mol. The van der Waals surface area contributed by atoms with Gasteiger partial charge in [0.25, 0.3) is 0 Å². The minimum atomic E-state index is 0.710. The second kappa shape index (κ2) is 26.6. The molecular weight excluding hydrogens is 1390 g/mol. The normalized spacial score (nSPS) is 11.7. The van der Waals surface area contributed by atoms with E-state index in [2.05, 4.69) is 358 Å². The van der Waals surface area contributed by atoms with E-state index < -0.39 is 0 Å². The van der Waals surface area contributed by atoms with Gasteiger partial charge in [0, 0.05) is 114 Å². The third-order valence-electron chi connectivity index (χ3n) is 20.9.